The molecule has 0 aliphatic rings. The van der Waals surface area contributed by atoms with Crippen LogP contribution < -0.4 is 0 Å². The summed E-state index contributed by atoms with van der Waals surface area (Å²) in [5.41, 5.74) is 2.92. The number of hydrogen-bond donors (Lipinski definition) is 1. The van der Waals surface area contributed by atoms with Gasteiger partial charge in [-0.1, -0.05) is 18.2 Å². The number of aromatic nitrogens is 3. The van der Waals surface area contributed by atoms with Crippen LogP contribution in [0.15, 0.2) is 59.4 Å². The summed E-state index contributed by atoms with van der Waals surface area (Å²) in [6.45, 7) is 0. The van der Waals surface area contributed by atoms with Gasteiger partial charge in [0.25, 0.3) is 0 Å². The fraction of sp³-hybridized carbons (Fsp3) is 0. The summed E-state index contributed by atoms with van der Waals surface area (Å²) in [6, 6.07) is 14.2. The Bertz CT molecular complexity index is 779. The Morgan fingerprint density at radius 1 is 0.857 bits per heavy atom. The molecule has 4 aromatic heterocycles. The second-order valence-electron chi connectivity index (χ2n) is 4.48. The number of nitrogens with zero attached hydrogens (tertiary/aromatic N) is 2. The lowest BCUT2D eigenvalue weighted by molar-refractivity contribution is 1.23. The van der Waals surface area contributed by atoms with Crippen molar-refractivity contribution >= 4 is 22.7 Å². The van der Waals surface area contributed by atoms with Gasteiger partial charge in [0.05, 0.1) is 15.4 Å². The fourth-order valence-electron chi connectivity index (χ4n) is 2.19. The Kier molecular flexibility index (Phi) is 3.14. The number of thiophene rings is 2. The molecule has 4 heterocycles. The molecule has 0 aliphatic carbocycles. The van der Waals surface area contributed by atoms with Crippen molar-refractivity contribution in [2.75, 3.05) is 0 Å². The first-order chi connectivity index (χ1) is 10.4. The Hall–Kier alpha value is -2.24. The van der Waals surface area contributed by atoms with Crippen molar-refractivity contribution in [1.29, 1.82) is 0 Å². The van der Waals surface area contributed by atoms with Gasteiger partial charge in [-0.05, 0) is 35.0 Å². The first-order valence-corrected chi connectivity index (χ1v) is 8.27. The van der Waals surface area contributed by atoms with Crippen LogP contribution in [-0.2, 0) is 0 Å². The highest BCUT2D eigenvalue weighted by Crippen LogP contribution is 2.36. The van der Waals surface area contributed by atoms with Crippen LogP contribution in [0.1, 0.15) is 0 Å². The van der Waals surface area contributed by atoms with E-state index in [0.29, 0.717) is 0 Å². The molecule has 0 atom stereocenters. The molecule has 0 saturated carbocycles. The van der Waals surface area contributed by atoms with Crippen molar-refractivity contribution in [1.82, 2.24) is 15.0 Å². The lowest BCUT2D eigenvalue weighted by Gasteiger charge is -1.96. The van der Waals surface area contributed by atoms with Gasteiger partial charge in [0.2, 0.25) is 0 Å². The molecule has 0 fully saturated rings. The number of nitrogens with one attached hydrogen (secondary N) is 1. The summed E-state index contributed by atoms with van der Waals surface area (Å²) in [4.78, 5) is 14.9. The first kappa shape index (κ1) is 12.5. The van der Waals surface area contributed by atoms with E-state index in [0.717, 1.165) is 27.8 Å². The summed E-state index contributed by atoms with van der Waals surface area (Å²) in [7, 11) is 0. The van der Waals surface area contributed by atoms with Crippen LogP contribution in [0.5, 0.6) is 0 Å². The summed E-state index contributed by atoms with van der Waals surface area (Å²) >= 11 is 3.41. The second kappa shape index (κ2) is 5.27. The highest BCUT2D eigenvalue weighted by Gasteiger charge is 2.16. The Morgan fingerprint density at radius 2 is 1.67 bits per heavy atom. The molecule has 0 aliphatic heterocycles. The number of H-pyrrole nitrogens is 1. The van der Waals surface area contributed by atoms with Gasteiger partial charge in [-0.2, -0.15) is 0 Å². The molecule has 102 valence electrons. The van der Waals surface area contributed by atoms with Crippen LogP contribution in [0.4, 0.5) is 0 Å². The van der Waals surface area contributed by atoms with Crippen LogP contribution in [0, 0.1) is 0 Å². The minimum atomic E-state index is 0.808. The highest BCUT2D eigenvalue weighted by molar-refractivity contribution is 7.14. The summed E-state index contributed by atoms with van der Waals surface area (Å²) in [6.07, 6.45) is 1.79. The second-order valence-corrected chi connectivity index (χ2v) is 6.37. The molecule has 1 N–H and O–H groups in total. The van der Waals surface area contributed by atoms with E-state index in [-0.39, 0.29) is 0 Å². The van der Waals surface area contributed by atoms with Gasteiger partial charge >= 0.3 is 0 Å². The molecular formula is C16H11N3S2. The van der Waals surface area contributed by atoms with Gasteiger partial charge in [0, 0.05) is 6.20 Å². The molecule has 4 aromatic rings. The van der Waals surface area contributed by atoms with Crippen LogP contribution >= 0.6 is 22.7 Å². The maximum atomic E-state index is 4.78. The van der Waals surface area contributed by atoms with Crippen LogP contribution in [0.25, 0.3) is 32.7 Å². The molecule has 0 radical (unpaired) electrons. The topological polar surface area (TPSA) is 41.6 Å². The summed E-state index contributed by atoms with van der Waals surface area (Å²) in [5.74, 6) is 0.808. The van der Waals surface area contributed by atoms with Gasteiger partial charge in [-0.15, -0.1) is 22.7 Å². The lowest BCUT2D eigenvalue weighted by atomic mass is 10.2. The third kappa shape index (κ3) is 2.30. The van der Waals surface area contributed by atoms with E-state index < -0.39 is 0 Å². The maximum Gasteiger partial charge on any atom is 0.157 e. The van der Waals surface area contributed by atoms with Crippen molar-refractivity contribution in [3.63, 3.8) is 0 Å². The summed E-state index contributed by atoms with van der Waals surface area (Å²) in [5, 5.41) is 4.15. The standard InChI is InChI=1S/C16H11N3S2/c1-2-8-17-11(5-1)16-18-14(12-6-3-9-20-12)15(19-16)13-7-4-10-21-13/h1-10H,(H,18,19). The van der Waals surface area contributed by atoms with Crippen LogP contribution in [0.3, 0.4) is 0 Å². The lowest BCUT2D eigenvalue weighted by Crippen LogP contribution is -1.83. The molecule has 3 nitrogen and oxygen atoms in total. The first-order valence-electron chi connectivity index (χ1n) is 6.51. The fourth-order valence-corrected chi connectivity index (χ4v) is 3.63. The molecule has 5 heteroatoms. The molecule has 0 bridgehead atoms. The van der Waals surface area contributed by atoms with E-state index >= 15 is 0 Å². The van der Waals surface area contributed by atoms with E-state index in [4.69, 9.17) is 4.98 Å². The molecular weight excluding hydrogens is 298 g/mol. The maximum absolute atomic E-state index is 4.78. The Balaban J connectivity index is 1.91. The smallest absolute Gasteiger partial charge is 0.157 e. The minimum absolute atomic E-state index is 0.808. The Labute approximate surface area is 130 Å². The number of hydrogen-bond acceptors (Lipinski definition) is 4. The number of aromatic amines is 1. The number of rotatable bonds is 3. The number of imidazole rings is 1. The van der Waals surface area contributed by atoms with Gasteiger partial charge in [0.15, 0.2) is 5.82 Å². The highest BCUT2D eigenvalue weighted by atomic mass is 32.1. The third-order valence-electron chi connectivity index (χ3n) is 3.13. The quantitative estimate of drug-likeness (QED) is 0.583. The van der Waals surface area contributed by atoms with Crippen LogP contribution in [0.2, 0.25) is 0 Å². The average molecular weight is 309 g/mol. The van der Waals surface area contributed by atoms with Gasteiger partial charge in [-0.3, -0.25) is 4.98 Å². The van der Waals surface area contributed by atoms with Crippen molar-refractivity contribution in [3.8, 4) is 32.7 Å². The van der Waals surface area contributed by atoms with Crippen molar-refractivity contribution < 1.29 is 0 Å². The van der Waals surface area contributed by atoms with E-state index in [1.54, 1.807) is 28.9 Å². The van der Waals surface area contributed by atoms with Crippen LogP contribution in [-0.4, -0.2) is 15.0 Å². The van der Waals surface area contributed by atoms with Gasteiger partial charge in [-0.25, -0.2) is 4.98 Å². The zero-order valence-electron chi connectivity index (χ0n) is 11.0. The Morgan fingerprint density at radius 3 is 2.33 bits per heavy atom. The molecule has 0 spiro atoms. The van der Waals surface area contributed by atoms with E-state index in [1.807, 2.05) is 24.3 Å². The largest absolute Gasteiger partial charge is 0.335 e. The van der Waals surface area contributed by atoms with E-state index in [9.17, 15) is 0 Å². The van der Waals surface area contributed by atoms with Crippen molar-refractivity contribution in [2.24, 2.45) is 0 Å². The average Bonchev–Trinajstić information content (AvgIpc) is 3.27. The van der Waals surface area contributed by atoms with E-state index in [2.05, 4.69) is 38.9 Å². The zero-order chi connectivity index (χ0) is 14.1. The zero-order valence-corrected chi connectivity index (χ0v) is 12.6. The summed E-state index contributed by atoms with van der Waals surface area (Å²) < 4.78 is 0. The van der Waals surface area contributed by atoms with E-state index in [1.165, 1.54) is 4.88 Å². The van der Waals surface area contributed by atoms with Gasteiger partial charge < -0.3 is 4.98 Å². The van der Waals surface area contributed by atoms with Crippen molar-refractivity contribution in [2.45, 2.75) is 0 Å². The molecule has 21 heavy (non-hydrogen) atoms. The molecule has 0 saturated heterocycles. The third-order valence-corrected chi connectivity index (χ3v) is 4.90. The molecule has 4 rings (SSSR count). The van der Waals surface area contributed by atoms with Crippen molar-refractivity contribution in [3.05, 3.63) is 59.4 Å². The SMILES string of the molecule is c1ccc(-c2nc(-c3cccs3)c(-c3cccs3)[nH]2)nc1. The number of pyridine rings is 1. The predicted molar refractivity (Wildman–Crippen MR) is 88.4 cm³/mol. The monoisotopic (exact) mass is 309 g/mol. The molecule has 0 amide bonds. The molecule has 0 unspecified atom stereocenters. The predicted octanol–water partition coefficient (Wildman–Crippen LogP) is 4.93. The molecule has 0 aromatic carbocycles. The normalized spacial score (nSPS) is 10.9. The van der Waals surface area contributed by atoms with Gasteiger partial charge in [0.1, 0.15) is 11.4 Å². The minimum Gasteiger partial charge on any atom is -0.335 e.